The second-order valence-corrected chi connectivity index (χ2v) is 6.53. The van der Waals surface area contributed by atoms with Crippen LogP contribution in [0.15, 0.2) is 46.0 Å². The molecule has 0 radical (unpaired) electrons. The molecule has 0 amide bonds. The van der Waals surface area contributed by atoms with Crippen LogP contribution >= 0.6 is 0 Å². The molecule has 1 aliphatic heterocycles. The van der Waals surface area contributed by atoms with Gasteiger partial charge in [0.2, 0.25) is 0 Å². The second kappa shape index (κ2) is 9.97. The van der Waals surface area contributed by atoms with Crippen LogP contribution in [0, 0.1) is 11.7 Å². The van der Waals surface area contributed by atoms with Crippen LogP contribution in [0.25, 0.3) is 0 Å². The Morgan fingerprint density at radius 1 is 1.33 bits per heavy atom. The molecule has 27 heavy (non-hydrogen) atoms. The fourth-order valence-electron chi connectivity index (χ4n) is 2.92. The Kier molecular flexibility index (Phi) is 7.10. The van der Waals surface area contributed by atoms with Crippen LogP contribution in [0.1, 0.15) is 17.7 Å². The molecule has 1 unspecified atom stereocenters. The minimum absolute atomic E-state index is 0.331. The van der Waals surface area contributed by atoms with Gasteiger partial charge in [0.15, 0.2) is 5.96 Å². The number of ether oxygens (including phenoxy) is 2. The molecule has 6 nitrogen and oxygen atoms in total. The van der Waals surface area contributed by atoms with Gasteiger partial charge in [-0.05, 0) is 36.2 Å². The molecular weight excluding hydrogens is 349 g/mol. The third-order valence-electron chi connectivity index (χ3n) is 4.41. The Hall–Kier alpha value is -2.54. The molecule has 2 N–H and O–H groups in total. The van der Waals surface area contributed by atoms with Crippen LogP contribution in [0.3, 0.4) is 0 Å². The van der Waals surface area contributed by atoms with Crippen molar-refractivity contribution in [3.05, 3.63) is 53.7 Å². The van der Waals surface area contributed by atoms with Crippen molar-refractivity contribution in [3.63, 3.8) is 0 Å². The van der Waals surface area contributed by atoms with Crippen LogP contribution < -0.4 is 15.4 Å². The van der Waals surface area contributed by atoms with Crippen molar-refractivity contribution in [2.75, 3.05) is 33.4 Å². The molecule has 7 heteroatoms. The molecule has 0 aliphatic carbocycles. The fourth-order valence-corrected chi connectivity index (χ4v) is 2.92. The first kappa shape index (κ1) is 19.2. The average Bonchev–Trinajstić information content (AvgIpc) is 3.37. The Morgan fingerprint density at radius 3 is 3.00 bits per heavy atom. The summed E-state index contributed by atoms with van der Waals surface area (Å²) in [5.74, 6) is 2.25. The van der Waals surface area contributed by atoms with Gasteiger partial charge in [-0.3, -0.25) is 0 Å². The maximum atomic E-state index is 13.7. The summed E-state index contributed by atoms with van der Waals surface area (Å²) in [4.78, 5) is 4.59. The normalized spacial score (nSPS) is 17.1. The fraction of sp³-hybridized carbons (Fsp3) is 0.450. The predicted octanol–water partition coefficient (Wildman–Crippen LogP) is 2.74. The Bertz CT molecular complexity index is 728. The van der Waals surface area contributed by atoms with E-state index in [4.69, 9.17) is 13.9 Å². The highest BCUT2D eigenvalue weighted by Crippen LogP contribution is 2.16. The van der Waals surface area contributed by atoms with E-state index in [1.807, 2.05) is 12.1 Å². The lowest BCUT2D eigenvalue weighted by atomic mass is 10.1. The summed E-state index contributed by atoms with van der Waals surface area (Å²) >= 11 is 0. The zero-order valence-corrected chi connectivity index (χ0v) is 15.5. The lowest BCUT2D eigenvalue weighted by Gasteiger charge is -2.15. The number of hydrogen-bond acceptors (Lipinski definition) is 4. The zero-order valence-electron chi connectivity index (χ0n) is 15.5. The van der Waals surface area contributed by atoms with Gasteiger partial charge >= 0.3 is 0 Å². The summed E-state index contributed by atoms with van der Waals surface area (Å²) in [5.41, 5.74) is 0.753. The predicted molar refractivity (Wildman–Crippen MR) is 101 cm³/mol. The van der Waals surface area contributed by atoms with E-state index in [-0.39, 0.29) is 5.82 Å². The zero-order chi connectivity index (χ0) is 18.9. The number of rotatable bonds is 8. The quantitative estimate of drug-likeness (QED) is 0.549. The van der Waals surface area contributed by atoms with Crippen LogP contribution in [0.5, 0.6) is 5.75 Å². The molecule has 2 heterocycles. The Labute approximate surface area is 158 Å². The van der Waals surface area contributed by atoms with E-state index in [0.29, 0.717) is 30.7 Å². The average molecular weight is 375 g/mol. The summed E-state index contributed by atoms with van der Waals surface area (Å²) < 4.78 is 29.6. The summed E-state index contributed by atoms with van der Waals surface area (Å²) in [7, 11) is 1.52. The molecule has 146 valence electrons. The third-order valence-corrected chi connectivity index (χ3v) is 4.41. The van der Waals surface area contributed by atoms with Crippen molar-refractivity contribution in [1.82, 2.24) is 10.6 Å². The second-order valence-electron chi connectivity index (χ2n) is 6.53. The highest BCUT2D eigenvalue weighted by Gasteiger charge is 2.15. The Balaban J connectivity index is 1.59. The number of halogens is 1. The van der Waals surface area contributed by atoms with Crippen LogP contribution in [-0.4, -0.2) is 39.4 Å². The SMILES string of the molecule is COc1cc(F)cc(CN=C(NCCc2ccco2)NCC2CCOC2)c1. The summed E-state index contributed by atoms with van der Waals surface area (Å²) in [5, 5.41) is 6.67. The smallest absolute Gasteiger partial charge is 0.191 e. The van der Waals surface area contributed by atoms with Gasteiger partial charge in [-0.1, -0.05) is 0 Å². The topological polar surface area (TPSA) is 68.0 Å². The summed E-state index contributed by atoms with van der Waals surface area (Å²) in [6, 6.07) is 8.43. The third kappa shape index (κ3) is 6.29. The Morgan fingerprint density at radius 2 is 2.26 bits per heavy atom. The summed E-state index contributed by atoms with van der Waals surface area (Å²) in [6.07, 6.45) is 3.47. The first-order valence-corrected chi connectivity index (χ1v) is 9.18. The first-order chi connectivity index (χ1) is 13.2. The van der Waals surface area contributed by atoms with Crippen molar-refractivity contribution >= 4 is 5.96 Å². The van der Waals surface area contributed by atoms with E-state index < -0.39 is 0 Å². The first-order valence-electron chi connectivity index (χ1n) is 9.18. The molecule has 0 bridgehead atoms. The molecule has 1 fully saturated rings. The molecule has 1 aliphatic rings. The minimum atomic E-state index is -0.331. The molecule has 2 aromatic rings. The van der Waals surface area contributed by atoms with E-state index in [0.717, 1.165) is 43.9 Å². The van der Waals surface area contributed by atoms with E-state index in [1.54, 1.807) is 12.3 Å². The van der Waals surface area contributed by atoms with Crippen LogP contribution in [0.4, 0.5) is 4.39 Å². The van der Waals surface area contributed by atoms with E-state index in [9.17, 15) is 4.39 Å². The number of guanidine groups is 1. The van der Waals surface area contributed by atoms with Crippen LogP contribution in [-0.2, 0) is 17.7 Å². The van der Waals surface area contributed by atoms with Gasteiger partial charge in [0, 0.05) is 38.1 Å². The van der Waals surface area contributed by atoms with Gasteiger partial charge in [0.05, 0.1) is 26.5 Å². The number of hydrogen-bond donors (Lipinski definition) is 2. The highest BCUT2D eigenvalue weighted by molar-refractivity contribution is 5.79. The number of methoxy groups -OCH3 is 1. The number of nitrogens with zero attached hydrogens (tertiary/aromatic N) is 1. The van der Waals surface area contributed by atoms with Crippen LogP contribution in [0.2, 0.25) is 0 Å². The minimum Gasteiger partial charge on any atom is -0.497 e. The monoisotopic (exact) mass is 375 g/mol. The summed E-state index contributed by atoms with van der Waals surface area (Å²) in [6.45, 7) is 3.42. The molecular formula is C20H26FN3O3. The van der Waals surface area contributed by atoms with Gasteiger partial charge in [-0.25, -0.2) is 9.38 Å². The lowest BCUT2D eigenvalue weighted by molar-refractivity contribution is 0.186. The standard InChI is InChI=1S/C20H26FN3O3/c1-25-19-10-16(9-17(21)11-19)13-24-20(23-12-15-5-8-26-14-15)22-6-4-18-3-2-7-27-18/h2-3,7,9-11,15H,4-6,8,12-14H2,1H3,(H2,22,23,24). The van der Waals surface area contributed by atoms with Gasteiger partial charge in [0.25, 0.3) is 0 Å². The van der Waals surface area contributed by atoms with Gasteiger partial charge in [0.1, 0.15) is 17.3 Å². The largest absolute Gasteiger partial charge is 0.497 e. The molecule has 1 aromatic carbocycles. The molecule has 1 saturated heterocycles. The van der Waals surface area contributed by atoms with Crippen molar-refractivity contribution in [3.8, 4) is 5.75 Å². The number of benzene rings is 1. The molecule has 0 saturated carbocycles. The van der Waals surface area contributed by atoms with E-state index in [2.05, 4.69) is 15.6 Å². The van der Waals surface area contributed by atoms with Gasteiger partial charge in [-0.15, -0.1) is 0 Å². The van der Waals surface area contributed by atoms with Gasteiger partial charge in [-0.2, -0.15) is 0 Å². The van der Waals surface area contributed by atoms with Gasteiger partial charge < -0.3 is 24.5 Å². The molecule has 3 rings (SSSR count). The molecule has 1 atom stereocenters. The lowest BCUT2D eigenvalue weighted by Crippen LogP contribution is -2.40. The van der Waals surface area contributed by atoms with E-state index >= 15 is 0 Å². The van der Waals surface area contributed by atoms with Crippen molar-refractivity contribution < 1.29 is 18.3 Å². The number of furan rings is 1. The maximum Gasteiger partial charge on any atom is 0.191 e. The van der Waals surface area contributed by atoms with Crippen molar-refractivity contribution in [1.29, 1.82) is 0 Å². The molecule has 0 spiro atoms. The van der Waals surface area contributed by atoms with Crippen molar-refractivity contribution in [2.24, 2.45) is 10.9 Å². The maximum absolute atomic E-state index is 13.7. The highest BCUT2D eigenvalue weighted by atomic mass is 19.1. The number of aliphatic imine (C=N–C) groups is 1. The van der Waals surface area contributed by atoms with E-state index in [1.165, 1.54) is 19.2 Å². The molecule has 1 aromatic heterocycles. The van der Waals surface area contributed by atoms with Crippen molar-refractivity contribution in [2.45, 2.75) is 19.4 Å². The number of nitrogens with one attached hydrogen (secondary N) is 2.